The molecule has 3 heterocycles. The molecule has 4 amide bonds. The van der Waals surface area contributed by atoms with Crippen LogP contribution in [0.15, 0.2) is 60.8 Å². The number of aryl methyl sites for hydroxylation is 1. The number of urea groups is 1. The summed E-state index contributed by atoms with van der Waals surface area (Å²) < 4.78 is 0. The topological polar surface area (TPSA) is 94.6 Å². The van der Waals surface area contributed by atoms with Crippen LogP contribution in [0.25, 0.3) is 0 Å². The number of nitrogens with zero attached hydrogens (tertiary/aromatic N) is 3. The Kier molecular flexibility index (Phi) is 5.82. The van der Waals surface area contributed by atoms with Crippen molar-refractivity contribution in [1.29, 1.82) is 0 Å². The summed E-state index contributed by atoms with van der Waals surface area (Å²) in [5, 5.41) is 5.26. The molecule has 8 nitrogen and oxygen atoms in total. The summed E-state index contributed by atoms with van der Waals surface area (Å²) in [5.74, 6) is 1.08. The summed E-state index contributed by atoms with van der Waals surface area (Å²) in [6, 6.07) is 8.85. The minimum atomic E-state index is -1.19. The monoisotopic (exact) mass is 497 g/mol. The van der Waals surface area contributed by atoms with Crippen molar-refractivity contribution in [1.82, 2.24) is 20.5 Å². The van der Waals surface area contributed by atoms with E-state index in [0.717, 1.165) is 18.9 Å². The molecule has 2 aromatic rings. The normalized spacial score (nSPS) is 25.3. The average Bonchev–Trinajstić information content (AvgIpc) is 3.73. The number of imide groups is 1. The summed E-state index contributed by atoms with van der Waals surface area (Å²) in [5.41, 5.74) is 2.58. The highest BCUT2D eigenvalue weighted by molar-refractivity contribution is 6.08. The van der Waals surface area contributed by atoms with Crippen molar-refractivity contribution in [3.8, 4) is 0 Å². The molecule has 0 radical (unpaired) electrons. The maximum Gasteiger partial charge on any atom is 0.322 e. The zero-order valence-electron chi connectivity index (χ0n) is 20.9. The van der Waals surface area contributed by atoms with Crippen molar-refractivity contribution in [2.75, 3.05) is 31.1 Å². The zero-order chi connectivity index (χ0) is 25.6. The van der Waals surface area contributed by atoms with Crippen LogP contribution in [0.5, 0.6) is 0 Å². The fourth-order valence-electron chi connectivity index (χ4n) is 5.79. The molecule has 2 aliphatic heterocycles. The predicted octanol–water partition coefficient (Wildman–Crippen LogP) is 3.40. The Morgan fingerprint density at radius 3 is 2.41 bits per heavy atom. The first kappa shape index (κ1) is 23.5. The molecule has 3 fully saturated rings. The summed E-state index contributed by atoms with van der Waals surface area (Å²) in [6.07, 6.45) is 12.9. The molecule has 1 aromatic heterocycles. The SMILES string of the molecule is Cc1cc(C2CC2)cnc1N1CCN(C(=O)c2ccc(C3(C4C=CC=CC4)NC(=O)NC3=O)cc2)CC1. The molecule has 0 spiro atoms. The van der Waals surface area contributed by atoms with Gasteiger partial charge in [-0.2, -0.15) is 0 Å². The lowest BCUT2D eigenvalue weighted by Gasteiger charge is -2.36. The Bertz CT molecular complexity index is 1310. The number of rotatable bonds is 5. The molecule has 2 N–H and O–H groups in total. The van der Waals surface area contributed by atoms with Gasteiger partial charge in [0.2, 0.25) is 0 Å². The third-order valence-corrected chi connectivity index (χ3v) is 8.01. The van der Waals surface area contributed by atoms with Crippen LogP contribution in [0.4, 0.5) is 10.6 Å². The van der Waals surface area contributed by atoms with Crippen LogP contribution < -0.4 is 15.5 Å². The number of benzene rings is 1. The Labute approximate surface area is 216 Å². The summed E-state index contributed by atoms with van der Waals surface area (Å²) in [7, 11) is 0. The lowest BCUT2D eigenvalue weighted by atomic mass is 9.75. The number of aromatic nitrogens is 1. The predicted molar refractivity (Wildman–Crippen MR) is 140 cm³/mol. The van der Waals surface area contributed by atoms with E-state index in [2.05, 4.69) is 28.5 Å². The van der Waals surface area contributed by atoms with E-state index in [1.54, 1.807) is 24.3 Å². The van der Waals surface area contributed by atoms with Crippen molar-refractivity contribution in [2.24, 2.45) is 5.92 Å². The number of pyridine rings is 1. The Hall–Kier alpha value is -3.94. The van der Waals surface area contributed by atoms with Gasteiger partial charge in [-0.25, -0.2) is 9.78 Å². The lowest BCUT2D eigenvalue weighted by Crippen LogP contribution is -2.50. The highest BCUT2D eigenvalue weighted by Crippen LogP contribution is 2.41. The third kappa shape index (κ3) is 4.20. The molecular formula is C29H31N5O3. The van der Waals surface area contributed by atoms with Crippen molar-refractivity contribution in [2.45, 2.75) is 37.6 Å². The van der Waals surface area contributed by atoms with E-state index in [-0.39, 0.29) is 17.7 Å². The Morgan fingerprint density at radius 2 is 1.81 bits per heavy atom. The Balaban J connectivity index is 1.15. The van der Waals surface area contributed by atoms with Crippen LogP contribution in [0.1, 0.15) is 52.2 Å². The minimum absolute atomic E-state index is 0.0329. The van der Waals surface area contributed by atoms with Gasteiger partial charge in [-0.15, -0.1) is 0 Å². The van der Waals surface area contributed by atoms with Gasteiger partial charge in [0.1, 0.15) is 5.82 Å². The van der Waals surface area contributed by atoms with Gasteiger partial charge in [0.15, 0.2) is 5.54 Å². The number of anilines is 1. The number of nitrogens with one attached hydrogen (secondary N) is 2. The van der Waals surface area contributed by atoms with Crippen LogP contribution in [0.3, 0.4) is 0 Å². The van der Waals surface area contributed by atoms with E-state index in [1.165, 1.54) is 24.0 Å². The van der Waals surface area contributed by atoms with E-state index >= 15 is 0 Å². The fraction of sp³-hybridized carbons (Fsp3) is 0.379. The Morgan fingerprint density at radius 1 is 1.05 bits per heavy atom. The third-order valence-electron chi connectivity index (χ3n) is 8.01. The second-order valence-corrected chi connectivity index (χ2v) is 10.4. The van der Waals surface area contributed by atoms with Crippen LogP contribution in [-0.2, 0) is 10.3 Å². The van der Waals surface area contributed by atoms with Gasteiger partial charge in [-0.3, -0.25) is 14.9 Å². The second kappa shape index (κ2) is 9.18. The first-order chi connectivity index (χ1) is 18.0. The molecule has 2 unspecified atom stereocenters. The van der Waals surface area contributed by atoms with E-state index in [4.69, 9.17) is 4.98 Å². The van der Waals surface area contributed by atoms with Crippen molar-refractivity contribution < 1.29 is 14.4 Å². The molecule has 37 heavy (non-hydrogen) atoms. The maximum atomic E-state index is 13.3. The molecule has 190 valence electrons. The van der Waals surface area contributed by atoms with Gasteiger partial charge in [-0.1, -0.05) is 42.5 Å². The van der Waals surface area contributed by atoms with E-state index < -0.39 is 11.6 Å². The molecule has 8 heteroatoms. The van der Waals surface area contributed by atoms with Crippen LogP contribution >= 0.6 is 0 Å². The molecular weight excluding hydrogens is 466 g/mol. The van der Waals surface area contributed by atoms with Gasteiger partial charge in [0.05, 0.1) is 0 Å². The minimum Gasteiger partial charge on any atom is -0.353 e. The first-order valence-corrected chi connectivity index (χ1v) is 13.0. The zero-order valence-corrected chi connectivity index (χ0v) is 20.9. The van der Waals surface area contributed by atoms with Gasteiger partial charge in [-0.05, 0) is 60.9 Å². The van der Waals surface area contributed by atoms with Crippen LogP contribution in [-0.4, -0.2) is 53.9 Å². The molecule has 2 aliphatic carbocycles. The van der Waals surface area contributed by atoms with Crippen molar-refractivity contribution >= 4 is 23.7 Å². The molecule has 4 aliphatic rings. The molecule has 6 rings (SSSR count). The highest BCUT2D eigenvalue weighted by atomic mass is 16.2. The first-order valence-electron chi connectivity index (χ1n) is 13.0. The molecule has 1 aromatic carbocycles. The van der Waals surface area contributed by atoms with Crippen LogP contribution in [0, 0.1) is 12.8 Å². The van der Waals surface area contributed by atoms with E-state index in [1.807, 2.05) is 35.4 Å². The molecule has 1 saturated carbocycles. The number of carbonyl (C=O) groups excluding carboxylic acids is 3. The van der Waals surface area contributed by atoms with E-state index in [0.29, 0.717) is 36.6 Å². The standard InChI is InChI=1S/C29H31N5O3/c1-19-17-22(20-7-8-20)18-30-25(19)33-13-15-34(16-14-33)26(35)21-9-11-24(12-10-21)29(23-5-3-2-4-6-23)27(36)31-28(37)32-29/h2-5,9-12,17-18,20,23H,6-8,13-16H2,1H3,(H2,31,32,36,37). The lowest BCUT2D eigenvalue weighted by molar-refractivity contribution is -0.125. The van der Waals surface area contributed by atoms with E-state index in [9.17, 15) is 14.4 Å². The van der Waals surface area contributed by atoms with Crippen molar-refractivity contribution in [3.05, 3.63) is 83.1 Å². The maximum absolute atomic E-state index is 13.3. The number of hydrogen-bond acceptors (Lipinski definition) is 5. The smallest absolute Gasteiger partial charge is 0.322 e. The van der Waals surface area contributed by atoms with Gasteiger partial charge >= 0.3 is 6.03 Å². The van der Waals surface area contributed by atoms with Crippen molar-refractivity contribution in [3.63, 3.8) is 0 Å². The largest absolute Gasteiger partial charge is 0.353 e. The highest BCUT2D eigenvalue weighted by Gasteiger charge is 2.52. The second-order valence-electron chi connectivity index (χ2n) is 10.4. The van der Waals surface area contributed by atoms with Gasteiger partial charge < -0.3 is 15.1 Å². The quantitative estimate of drug-likeness (QED) is 0.618. The number of amides is 4. The van der Waals surface area contributed by atoms with Gasteiger partial charge in [0.25, 0.3) is 11.8 Å². The summed E-state index contributed by atoms with van der Waals surface area (Å²) >= 11 is 0. The molecule has 0 bridgehead atoms. The summed E-state index contributed by atoms with van der Waals surface area (Å²) in [6.45, 7) is 4.82. The number of hydrogen-bond donors (Lipinski definition) is 2. The number of allylic oxidation sites excluding steroid dienone is 3. The average molecular weight is 498 g/mol. The van der Waals surface area contributed by atoms with Gasteiger partial charge in [0, 0.05) is 43.9 Å². The molecule has 2 atom stereocenters. The number of carbonyl (C=O) groups is 3. The summed E-state index contributed by atoms with van der Waals surface area (Å²) in [4.78, 5) is 47.2. The number of piperazine rings is 1. The fourth-order valence-corrected chi connectivity index (χ4v) is 5.79. The van der Waals surface area contributed by atoms with Crippen LogP contribution in [0.2, 0.25) is 0 Å². The molecule has 2 saturated heterocycles.